The van der Waals surface area contributed by atoms with Gasteiger partial charge in [-0.2, -0.15) is 0 Å². The van der Waals surface area contributed by atoms with E-state index in [1.54, 1.807) is 0 Å². The van der Waals surface area contributed by atoms with Crippen molar-refractivity contribution in [2.75, 3.05) is 5.88 Å². The molecule has 1 heteroatoms. The summed E-state index contributed by atoms with van der Waals surface area (Å²) in [4.78, 5) is 0. The van der Waals surface area contributed by atoms with Crippen molar-refractivity contribution in [3.8, 4) is 0 Å². The Balaban J connectivity index is 1.97. The van der Waals surface area contributed by atoms with E-state index in [1.807, 2.05) is 0 Å². The van der Waals surface area contributed by atoms with E-state index < -0.39 is 0 Å². The summed E-state index contributed by atoms with van der Waals surface area (Å²) in [6.45, 7) is 0. The summed E-state index contributed by atoms with van der Waals surface area (Å²) in [6, 6.07) is 0. The molecule has 0 N–H and O–H groups in total. The maximum atomic E-state index is 5.73. The fraction of sp³-hybridized carbons (Fsp3) is 1.00. The monoisotopic (exact) mass is 130 g/mol. The molecule has 46 valence electrons. The zero-order chi connectivity index (χ0) is 5.56. The summed E-state index contributed by atoms with van der Waals surface area (Å²) in [7, 11) is 0. The van der Waals surface area contributed by atoms with Crippen LogP contribution in [0.25, 0.3) is 0 Å². The SMILES string of the molecule is ClC[C@H]1CC[C@@H]2C[C@@H]21. The van der Waals surface area contributed by atoms with Crippen LogP contribution in [0.2, 0.25) is 0 Å². The predicted octanol–water partition coefficient (Wildman–Crippen LogP) is 2.27. The molecule has 0 aromatic rings. The Morgan fingerprint density at radius 3 is 2.50 bits per heavy atom. The van der Waals surface area contributed by atoms with Crippen molar-refractivity contribution in [3.63, 3.8) is 0 Å². The molecule has 0 nitrogen and oxygen atoms in total. The van der Waals surface area contributed by atoms with Gasteiger partial charge in [-0.15, -0.1) is 11.6 Å². The van der Waals surface area contributed by atoms with Gasteiger partial charge >= 0.3 is 0 Å². The Kier molecular flexibility index (Phi) is 1.04. The Morgan fingerprint density at radius 2 is 2.25 bits per heavy atom. The van der Waals surface area contributed by atoms with Gasteiger partial charge in [-0.05, 0) is 37.0 Å². The first-order valence-electron chi connectivity index (χ1n) is 3.48. The molecule has 0 unspecified atom stereocenters. The zero-order valence-corrected chi connectivity index (χ0v) is 5.69. The molecule has 2 saturated carbocycles. The first-order valence-corrected chi connectivity index (χ1v) is 4.01. The molecule has 0 aromatic carbocycles. The van der Waals surface area contributed by atoms with E-state index in [4.69, 9.17) is 11.6 Å². The first kappa shape index (κ1) is 5.10. The molecule has 0 amide bonds. The van der Waals surface area contributed by atoms with Crippen LogP contribution in [0.15, 0.2) is 0 Å². The molecule has 2 fully saturated rings. The molecule has 0 saturated heterocycles. The van der Waals surface area contributed by atoms with E-state index in [9.17, 15) is 0 Å². The van der Waals surface area contributed by atoms with Crippen molar-refractivity contribution < 1.29 is 0 Å². The molecule has 0 spiro atoms. The number of hydrogen-bond acceptors (Lipinski definition) is 0. The lowest BCUT2D eigenvalue weighted by Crippen LogP contribution is -1.98. The highest BCUT2D eigenvalue weighted by Crippen LogP contribution is 2.55. The molecule has 8 heavy (non-hydrogen) atoms. The maximum absolute atomic E-state index is 5.73. The highest BCUT2D eigenvalue weighted by molar-refractivity contribution is 6.18. The van der Waals surface area contributed by atoms with Crippen molar-refractivity contribution in [2.24, 2.45) is 17.8 Å². The van der Waals surface area contributed by atoms with Crippen molar-refractivity contribution in [3.05, 3.63) is 0 Å². The molecule has 0 aromatic heterocycles. The van der Waals surface area contributed by atoms with E-state index in [-0.39, 0.29) is 0 Å². The minimum Gasteiger partial charge on any atom is -0.126 e. The third kappa shape index (κ3) is 0.589. The third-order valence-corrected chi connectivity index (χ3v) is 3.09. The summed E-state index contributed by atoms with van der Waals surface area (Å²) in [5.74, 6) is 3.99. The number of fused-ring (bicyclic) bond motifs is 1. The standard InChI is InChI=1S/C7H11Cl/c8-4-6-2-1-5-3-7(5)6/h5-7H,1-4H2/t5-,6-,7+/m1/s1. The molecule has 2 rings (SSSR count). The van der Waals surface area contributed by atoms with E-state index in [2.05, 4.69) is 0 Å². The van der Waals surface area contributed by atoms with Crippen LogP contribution >= 0.6 is 11.6 Å². The first-order chi connectivity index (χ1) is 3.92. The molecular formula is C7H11Cl. The Bertz CT molecular complexity index is 101. The van der Waals surface area contributed by atoms with Crippen molar-refractivity contribution in [1.82, 2.24) is 0 Å². The van der Waals surface area contributed by atoms with E-state index in [1.165, 1.54) is 19.3 Å². The Morgan fingerprint density at radius 1 is 1.38 bits per heavy atom. The minimum absolute atomic E-state index is 0.904. The number of hydrogen-bond donors (Lipinski definition) is 0. The van der Waals surface area contributed by atoms with Crippen molar-refractivity contribution in [1.29, 1.82) is 0 Å². The summed E-state index contributed by atoms with van der Waals surface area (Å²) >= 11 is 5.73. The summed E-state index contributed by atoms with van der Waals surface area (Å²) < 4.78 is 0. The zero-order valence-electron chi connectivity index (χ0n) is 4.94. The van der Waals surface area contributed by atoms with Gasteiger partial charge in [0.2, 0.25) is 0 Å². The molecule has 0 radical (unpaired) electrons. The summed E-state index contributed by atoms with van der Waals surface area (Å²) in [5.41, 5.74) is 0. The molecule has 2 aliphatic carbocycles. The molecule has 0 bridgehead atoms. The average Bonchev–Trinajstić information content (AvgIpc) is 2.46. The number of halogens is 1. The van der Waals surface area contributed by atoms with Crippen LogP contribution < -0.4 is 0 Å². The van der Waals surface area contributed by atoms with Gasteiger partial charge < -0.3 is 0 Å². The van der Waals surface area contributed by atoms with Crippen LogP contribution in [-0.2, 0) is 0 Å². The van der Waals surface area contributed by atoms with Crippen LogP contribution in [0.3, 0.4) is 0 Å². The van der Waals surface area contributed by atoms with Gasteiger partial charge in [0.25, 0.3) is 0 Å². The summed E-state index contributed by atoms with van der Waals surface area (Å²) in [6.07, 6.45) is 4.39. The minimum atomic E-state index is 0.904. The normalized spacial score (nSPS) is 51.4. The molecule has 3 atom stereocenters. The molecular weight excluding hydrogens is 120 g/mol. The second kappa shape index (κ2) is 1.63. The van der Waals surface area contributed by atoms with Crippen LogP contribution in [-0.4, -0.2) is 5.88 Å². The van der Waals surface area contributed by atoms with Gasteiger partial charge in [0.1, 0.15) is 0 Å². The average molecular weight is 131 g/mol. The fourth-order valence-electron chi connectivity index (χ4n) is 2.01. The predicted molar refractivity (Wildman–Crippen MR) is 35.0 cm³/mol. The van der Waals surface area contributed by atoms with E-state index in [0.717, 1.165) is 23.6 Å². The highest BCUT2D eigenvalue weighted by Gasteiger charge is 2.47. The van der Waals surface area contributed by atoms with Gasteiger partial charge in [0.15, 0.2) is 0 Å². The lowest BCUT2D eigenvalue weighted by atomic mass is 10.1. The topological polar surface area (TPSA) is 0 Å². The Hall–Kier alpha value is 0.290. The molecule has 2 aliphatic rings. The van der Waals surface area contributed by atoms with Gasteiger partial charge in [-0.1, -0.05) is 0 Å². The van der Waals surface area contributed by atoms with E-state index in [0.29, 0.717) is 0 Å². The second-order valence-corrected chi connectivity index (χ2v) is 3.46. The summed E-state index contributed by atoms with van der Waals surface area (Å²) in [5, 5.41) is 0. The van der Waals surface area contributed by atoms with Crippen molar-refractivity contribution in [2.45, 2.75) is 19.3 Å². The van der Waals surface area contributed by atoms with Gasteiger partial charge in [-0.25, -0.2) is 0 Å². The van der Waals surface area contributed by atoms with Crippen LogP contribution in [0.5, 0.6) is 0 Å². The smallest absolute Gasteiger partial charge is 0.0254 e. The lowest BCUT2D eigenvalue weighted by molar-refractivity contribution is 0.536. The quantitative estimate of drug-likeness (QED) is 0.478. The second-order valence-electron chi connectivity index (χ2n) is 3.15. The largest absolute Gasteiger partial charge is 0.126 e. The number of rotatable bonds is 1. The van der Waals surface area contributed by atoms with Crippen LogP contribution in [0, 0.1) is 17.8 Å². The van der Waals surface area contributed by atoms with Crippen molar-refractivity contribution >= 4 is 11.6 Å². The lowest BCUT2D eigenvalue weighted by Gasteiger charge is -2.03. The number of alkyl halides is 1. The highest BCUT2D eigenvalue weighted by atomic mass is 35.5. The third-order valence-electron chi connectivity index (χ3n) is 2.69. The maximum Gasteiger partial charge on any atom is 0.0254 e. The van der Waals surface area contributed by atoms with Gasteiger partial charge in [0.05, 0.1) is 0 Å². The molecule has 0 heterocycles. The van der Waals surface area contributed by atoms with Crippen LogP contribution in [0.4, 0.5) is 0 Å². The molecule has 0 aliphatic heterocycles. The fourth-order valence-corrected chi connectivity index (χ4v) is 2.40. The van der Waals surface area contributed by atoms with E-state index >= 15 is 0 Å². The van der Waals surface area contributed by atoms with Gasteiger partial charge in [0, 0.05) is 5.88 Å². The van der Waals surface area contributed by atoms with Gasteiger partial charge in [-0.3, -0.25) is 0 Å². The Labute approximate surface area is 55.2 Å². The van der Waals surface area contributed by atoms with Crippen LogP contribution in [0.1, 0.15) is 19.3 Å².